The fraction of sp³-hybridized carbons (Fsp3) is 0.333. The molecule has 0 heterocycles. The molecule has 0 aliphatic heterocycles. The third kappa shape index (κ3) is 2.08. The van der Waals surface area contributed by atoms with Gasteiger partial charge < -0.3 is 0 Å². The number of hydrogen-bond acceptors (Lipinski definition) is 2. The van der Waals surface area contributed by atoms with Crippen LogP contribution in [0.2, 0.25) is 0 Å². The first-order valence-electron chi connectivity index (χ1n) is 4.66. The third-order valence-corrected chi connectivity index (χ3v) is 2.23. The zero-order valence-electron chi connectivity index (χ0n) is 9.20. The zero-order chi connectivity index (χ0) is 10.6. The first-order valence-corrected chi connectivity index (χ1v) is 4.66. The van der Waals surface area contributed by atoms with E-state index in [1.165, 1.54) is 16.7 Å². The van der Waals surface area contributed by atoms with E-state index >= 15 is 0 Å². The lowest BCUT2D eigenvalue weighted by Gasteiger charge is -2.08. The Morgan fingerprint density at radius 2 is 1.71 bits per heavy atom. The molecule has 2 nitrogen and oxygen atoms in total. The number of rotatable bonds is 2. The summed E-state index contributed by atoms with van der Waals surface area (Å²) in [6.07, 6.45) is 1.80. The van der Waals surface area contributed by atoms with Crippen LogP contribution in [-0.2, 0) is 0 Å². The topological polar surface area (TPSA) is 24.7 Å². The van der Waals surface area contributed by atoms with Gasteiger partial charge in [0.25, 0.3) is 0 Å². The van der Waals surface area contributed by atoms with Crippen molar-refractivity contribution in [2.75, 3.05) is 14.1 Å². The van der Waals surface area contributed by atoms with Crippen molar-refractivity contribution in [2.24, 2.45) is 9.98 Å². The van der Waals surface area contributed by atoms with E-state index in [0.29, 0.717) is 0 Å². The molecule has 0 radical (unpaired) electrons. The molecule has 74 valence electrons. The maximum Gasteiger partial charge on any atom is 0.0826 e. The largest absolute Gasteiger partial charge is 0.294 e. The predicted molar refractivity (Wildman–Crippen MR) is 62.8 cm³/mol. The van der Waals surface area contributed by atoms with Gasteiger partial charge in [0.2, 0.25) is 0 Å². The van der Waals surface area contributed by atoms with Crippen LogP contribution in [0.1, 0.15) is 16.7 Å². The minimum atomic E-state index is 0.947. The minimum absolute atomic E-state index is 0.947. The van der Waals surface area contributed by atoms with Gasteiger partial charge in [0.05, 0.1) is 5.71 Å². The highest BCUT2D eigenvalue weighted by molar-refractivity contribution is 6.39. The Morgan fingerprint density at radius 1 is 1.14 bits per heavy atom. The summed E-state index contributed by atoms with van der Waals surface area (Å²) in [5.74, 6) is 0. The molecule has 1 aromatic carbocycles. The quantitative estimate of drug-likeness (QED) is 0.637. The SMILES string of the molecule is CN=CC(=NC)c1c(C)cccc1C. The van der Waals surface area contributed by atoms with Crippen LogP contribution in [0.5, 0.6) is 0 Å². The van der Waals surface area contributed by atoms with Gasteiger partial charge in [-0.25, -0.2) is 0 Å². The molecule has 0 amide bonds. The maximum atomic E-state index is 4.24. The van der Waals surface area contributed by atoms with Crippen molar-refractivity contribution in [1.29, 1.82) is 0 Å². The van der Waals surface area contributed by atoms with E-state index in [-0.39, 0.29) is 0 Å². The highest BCUT2D eigenvalue weighted by Crippen LogP contribution is 2.13. The Balaban J connectivity index is 3.30. The fourth-order valence-corrected chi connectivity index (χ4v) is 1.57. The lowest BCUT2D eigenvalue weighted by Crippen LogP contribution is -2.07. The average Bonchev–Trinajstić information content (AvgIpc) is 2.16. The van der Waals surface area contributed by atoms with E-state index in [2.05, 4.69) is 42.0 Å². The van der Waals surface area contributed by atoms with Crippen molar-refractivity contribution in [2.45, 2.75) is 13.8 Å². The molecule has 1 aromatic rings. The molecule has 2 heteroatoms. The van der Waals surface area contributed by atoms with Crippen LogP contribution in [0.4, 0.5) is 0 Å². The molecule has 0 aliphatic carbocycles. The number of aryl methyl sites for hydroxylation is 2. The monoisotopic (exact) mass is 188 g/mol. The van der Waals surface area contributed by atoms with E-state index in [1.54, 1.807) is 20.3 Å². The summed E-state index contributed by atoms with van der Waals surface area (Å²) >= 11 is 0. The van der Waals surface area contributed by atoms with Crippen LogP contribution in [0.25, 0.3) is 0 Å². The van der Waals surface area contributed by atoms with Gasteiger partial charge in [-0.15, -0.1) is 0 Å². The van der Waals surface area contributed by atoms with Crippen molar-refractivity contribution < 1.29 is 0 Å². The Hall–Kier alpha value is -1.44. The van der Waals surface area contributed by atoms with Gasteiger partial charge in [0, 0.05) is 25.9 Å². The first kappa shape index (κ1) is 10.6. The third-order valence-electron chi connectivity index (χ3n) is 2.23. The number of aliphatic imine (C=N–C) groups is 2. The highest BCUT2D eigenvalue weighted by Gasteiger charge is 2.06. The molecule has 14 heavy (non-hydrogen) atoms. The van der Waals surface area contributed by atoms with Crippen LogP contribution in [0.15, 0.2) is 28.2 Å². The van der Waals surface area contributed by atoms with Crippen molar-refractivity contribution in [1.82, 2.24) is 0 Å². The standard InChI is InChI=1S/C12H16N2/c1-9-6-5-7-10(2)12(9)11(14-4)8-13-3/h5-8H,1-4H3. The Labute approximate surface area is 85.4 Å². The highest BCUT2D eigenvalue weighted by atomic mass is 14.7. The smallest absolute Gasteiger partial charge is 0.0826 e. The second-order valence-corrected chi connectivity index (χ2v) is 3.26. The molecular formula is C12H16N2. The molecular weight excluding hydrogens is 172 g/mol. The molecule has 0 aliphatic rings. The Kier molecular flexibility index (Phi) is 3.57. The van der Waals surface area contributed by atoms with Gasteiger partial charge in [-0.2, -0.15) is 0 Å². The van der Waals surface area contributed by atoms with Crippen molar-refractivity contribution in [3.8, 4) is 0 Å². The first-order chi connectivity index (χ1) is 6.70. The van der Waals surface area contributed by atoms with Crippen LogP contribution in [0.3, 0.4) is 0 Å². The van der Waals surface area contributed by atoms with Crippen LogP contribution in [-0.4, -0.2) is 26.0 Å². The van der Waals surface area contributed by atoms with Gasteiger partial charge in [-0.1, -0.05) is 18.2 Å². The van der Waals surface area contributed by atoms with Crippen molar-refractivity contribution in [3.05, 3.63) is 34.9 Å². The molecule has 0 aromatic heterocycles. The van der Waals surface area contributed by atoms with Gasteiger partial charge >= 0.3 is 0 Å². The van der Waals surface area contributed by atoms with E-state index in [1.807, 2.05) is 0 Å². The van der Waals surface area contributed by atoms with E-state index < -0.39 is 0 Å². The number of nitrogens with zero attached hydrogens (tertiary/aromatic N) is 2. The molecule has 0 unspecified atom stereocenters. The molecule has 0 spiro atoms. The average molecular weight is 188 g/mol. The van der Waals surface area contributed by atoms with E-state index in [0.717, 1.165) is 5.71 Å². The summed E-state index contributed by atoms with van der Waals surface area (Å²) in [4.78, 5) is 8.25. The summed E-state index contributed by atoms with van der Waals surface area (Å²) in [6.45, 7) is 4.19. The van der Waals surface area contributed by atoms with Crippen LogP contribution >= 0.6 is 0 Å². The zero-order valence-corrected chi connectivity index (χ0v) is 9.20. The molecule has 0 saturated heterocycles. The van der Waals surface area contributed by atoms with Gasteiger partial charge in [-0.3, -0.25) is 9.98 Å². The van der Waals surface area contributed by atoms with Crippen molar-refractivity contribution in [3.63, 3.8) is 0 Å². The van der Waals surface area contributed by atoms with Gasteiger partial charge in [-0.05, 0) is 25.0 Å². The van der Waals surface area contributed by atoms with Crippen LogP contribution < -0.4 is 0 Å². The molecule has 0 atom stereocenters. The summed E-state index contributed by atoms with van der Waals surface area (Å²) in [5.41, 5.74) is 4.62. The second kappa shape index (κ2) is 4.70. The maximum absolute atomic E-state index is 4.24. The normalized spacial score (nSPS) is 12.4. The molecule has 0 saturated carbocycles. The van der Waals surface area contributed by atoms with Crippen molar-refractivity contribution >= 4 is 11.9 Å². The summed E-state index contributed by atoms with van der Waals surface area (Å²) in [6, 6.07) is 6.25. The fourth-order valence-electron chi connectivity index (χ4n) is 1.57. The van der Waals surface area contributed by atoms with Gasteiger partial charge in [0.1, 0.15) is 0 Å². The van der Waals surface area contributed by atoms with E-state index in [9.17, 15) is 0 Å². The predicted octanol–water partition coefficient (Wildman–Crippen LogP) is 2.42. The molecule has 0 N–H and O–H groups in total. The molecule has 0 fully saturated rings. The Bertz CT molecular complexity index is 356. The number of hydrogen-bond donors (Lipinski definition) is 0. The lowest BCUT2D eigenvalue weighted by atomic mass is 9.99. The minimum Gasteiger partial charge on any atom is -0.294 e. The summed E-state index contributed by atoms with van der Waals surface area (Å²) < 4.78 is 0. The molecule has 0 bridgehead atoms. The van der Waals surface area contributed by atoms with E-state index in [4.69, 9.17) is 0 Å². The summed E-state index contributed by atoms with van der Waals surface area (Å²) in [7, 11) is 3.56. The number of benzene rings is 1. The second-order valence-electron chi connectivity index (χ2n) is 3.26. The molecule has 1 rings (SSSR count). The summed E-state index contributed by atoms with van der Waals surface area (Å²) in [5, 5.41) is 0. The lowest BCUT2D eigenvalue weighted by molar-refractivity contribution is 1.33. The Morgan fingerprint density at radius 3 is 2.14 bits per heavy atom. The van der Waals surface area contributed by atoms with Crippen LogP contribution in [0, 0.1) is 13.8 Å². The van der Waals surface area contributed by atoms with Gasteiger partial charge in [0.15, 0.2) is 0 Å².